The van der Waals surface area contributed by atoms with E-state index in [0.29, 0.717) is 0 Å². The van der Waals surface area contributed by atoms with Crippen molar-refractivity contribution in [3.8, 4) is 0 Å². The first-order chi connectivity index (χ1) is 10.8. The summed E-state index contributed by atoms with van der Waals surface area (Å²) in [7, 11) is 1.06. The highest BCUT2D eigenvalue weighted by Gasteiger charge is 2.29. The number of aliphatic hydroxyl groups is 1. The van der Waals surface area contributed by atoms with Crippen molar-refractivity contribution in [1.29, 1.82) is 0 Å². The zero-order chi connectivity index (χ0) is 17.6. The number of esters is 1. The molecule has 124 valence electrons. The number of nitrogens with zero attached hydrogens (tertiary/aromatic N) is 2. The first-order valence-electron chi connectivity index (χ1n) is 6.42. The molecule has 0 aliphatic heterocycles. The largest absolute Gasteiger partial charge is 0.516 e. The van der Waals surface area contributed by atoms with Gasteiger partial charge in [-0.25, -0.2) is 4.79 Å². The van der Waals surface area contributed by atoms with Crippen LogP contribution in [0.15, 0.2) is 24.5 Å². The SMILES string of the molecule is COC(=O)c1cc([N+](=O)[O-])c(N[C@@H](C)C/C=C/O)c([N+](=O)[O-])c1. The van der Waals surface area contributed by atoms with Gasteiger partial charge >= 0.3 is 5.97 Å². The summed E-state index contributed by atoms with van der Waals surface area (Å²) >= 11 is 0. The van der Waals surface area contributed by atoms with Gasteiger partial charge in [0.05, 0.1) is 28.8 Å². The molecular weight excluding hydrogens is 310 g/mol. The molecule has 1 aromatic carbocycles. The lowest BCUT2D eigenvalue weighted by Gasteiger charge is -2.14. The molecule has 0 unspecified atom stereocenters. The molecule has 23 heavy (non-hydrogen) atoms. The molecule has 0 radical (unpaired) electrons. The van der Waals surface area contributed by atoms with Crippen molar-refractivity contribution in [2.75, 3.05) is 12.4 Å². The van der Waals surface area contributed by atoms with Crippen LogP contribution in [-0.4, -0.2) is 34.1 Å². The van der Waals surface area contributed by atoms with Crippen molar-refractivity contribution in [2.24, 2.45) is 0 Å². The summed E-state index contributed by atoms with van der Waals surface area (Å²) < 4.78 is 4.44. The van der Waals surface area contributed by atoms with Gasteiger partial charge in [0.2, 0.25) is 0 Å². The third-order valence-corrected chi connectivity index (χ3v) is 2.90. The van der Waals surface area contributed by atoms with Crippen molar-refractivity contribution in [1.82, 2.24) is 0 Å². The number of anilines is 1. The maximum Gasteiger partial charge on any atom is 0.338 e. The third kappa shape index (κ3) is 4.40. The molecule has 0 saturated carbocycles. The van der Waals surface area contributed by atoms with Gasteiger partial charge in [-0.05, 0) is 19.4 Å². The van der Waals surface area contributed by atoms with Crippen LogP contribution in [0, 0.1) is 20.2 Å². The van der Waals surface area contributed by atoms with Crippen molar-refractivity contribution < 1.29 is 24.5 Å². The molecule has 1 rings (SSSR count). The zero-order valence-electron chi connectivity index (χ0n) is 12.4. The Kier molecular flexibility index (Phi) is 6.01. The highest BCUT2D eigenvalue weighted by atomic mass is 16.6. The van der Waals surface area contributed by atoms with Crippen LogP contribution in [0.1, 0.15) is 23.7 Å². The quantitative estimate of drug-likeness (QED) is 0.336. The molecule has 0 saturated heterocycles. The number of carbonyl (C=O) groups excluding carboxylic acids is 1. The number of aliphatic hydroxyl groups excluding tert-OH is 1. The van der Waals surface area contributed by atoms with Gasteiger partial charge in [0, 0.05) is 18.2 Å². The average Bonchev–Trinajstić information content (AvgIpc) is 2.51. The van der Waals surface area contributed by atoms with E-state index in [-0.39, 0.29) is 17.7 Å². The predicted octanol–water partition coefficient (Wildman–Crippen LogP) is 2.55. The molecule has 0 aromatic heterocycles. The second-order valence-corrected chi connectivity index (χ2v) is 4.56. The van der Waals surface area contributed by atoms with E-state index in [1.165, 1.54) is 6.08 Å². The van der Waals surface area contributed by atoms with Crippen LogP contribution in [0.3, 0.4) is 0 Å². The topological polar surface area (TPSA) is 145 Å². The number of benzene rings is 1. The molecule has 0 fully saturated rings. The van der Waals surface area contributed by atoms with Crippen LogP contribution in [-0.2, 0) is 4.74 Å². The fraction of sp³-hybridized carbons (Fsp3) is 0.308. The van der Waals surface area contributed by atoms with Crippen LogP contribution in [0.4, 0.5) is 17.1 Å². The average molecular weight is 325 g/mol. The van der Waals surface area contributed by atoms with Gasteiger partial charge in [-0.15, -0.1) is 0 Å². The smallest absolute Gasteiger partial charge is 0.338 e. The normalized spacial score (nSPS) is 11.9. The molecule has 0 amide bonds. The lowest BCUT2D eigenvalue weighted by molar-refractivity contribution is -0.392. The number of nitro groups is 2. The van der Waals surface area contributed by atoms with Crippen LogP contribution in [0.25, 0.3) is 0 Å². The Balaban J connectivity index is 3.43. The van der Waals surface area contributed by atoms with Crippen LogP contribution in [0.2, 0.25) is 0 Å². The number of nitrogens with one attached hydrogen (secondary N) is 1. The molecule has 2 N–H and O–H groups in total. The maximum atomic E-state index is 11.5. The molecule has 1 atom stereocenters. The van der Waals surface area contributed by atoms with Crippen LogP contribution in [0.5, 0.6) is 0 Å². The van der Waals surface area contributed by atoms with Gasteiger partial charge < -0.3 is 15.2 Å². The summed E-state index contributed by atoms with van der Waals surface area (Å²) in [5, 5.41) is 33.7. The minimum atomic E-state index is -0.918. The van der Waals surface area contributed by atoms with Gasteiger partial charge in [0.1, 0.15) is 0 Å². The molecular formula is C13H15N3O7. The maximum absolute atomic E-state index is 11.5. The summed E-state index contributed by atoms with van der Waals surface area (Å²) in [6, 6.07) is 1.39. The number of rotatable bonds is 7. The Morgan fingerprint density at radius 1 is 1.35 bits per heavy atom. The monoisotopic (exact) mass is 325 g/mol. The fourth-order valence-electron chi connectivity index (χ4n) is 1.85. The first-order valence-corrected chi connectivity index (χ1v) is 6.42. The van der Waals surface area contributed by atoms with E-state index in [4.69, 9.17) is 5.11 Å². The predicted molar refractivity (Wildman–Crippen MR) is 80.6 cm³/mol. The third-order valence-electron chi connectivity index (χ3n) is 2.90. The minimum absolute atomic E-state index is 0.281. The number of nitro benzene ring substituents is 2. The summed E-state index contributed by atoms with van der Waals surface area (Å²) in [5.41, 5.74) is -1.83. The van der Waals surface area contributed by atoms with Crippen LogP contribution >= 0.6 is 0 Å². The number of hydrogen-bond acceptors (Lipinski definition) is 8. The Labute approximate surface area is 130 Å². The number of ether oxygens (including phenoxy) is 1. The van der Waals surface area contributed by atoms with Crippen LogP contribution < -0.4 is 5.32 Å². The lowest BCUT2D eigenvalue weighted by Crippen LogP contribution is -2.17. The van der Waals surface area contributed by atoms with Gasteiger partial charge in [0.25, 0.3) is 11.4 Å². The minimum Gasteiger partial charge on any atom is -0.516 e. The number of hydrogen-bond donors (Lipinski definition) is 2. The van der Waals surface area contributed by atoms with Crippen molar-refractivity contribution >= 4 is 23.0 Å². The van der Waals surface area contributed by atoms with E-state index in [9.17, 15) is 25.0 Å². The van der Waals surface area contributed by atoms with E-state index in [2.05, 4.69) is 10.1 Å². The second-order valence-electron chi connectivity index (χ2n) is 4.56. The molecule has 10 heteroatoms. The van der Waals surface area contributed by atoms with E-state index < -0.39 is 33.2 Å². The Morgan fingerprint density at radius 3 is 2.26 bits per heavy atom. The molecule has 0 heterocycles. The zero-order valence-corrected chi connectivity index (χ0v) is 12.4. The Bertz CT molecular complexity index is 622. The first kappa shape index (κ1) is 17.9. The summed E-state index contributed by atoms with van der Waals surface area (Å²) in [6.07, 6.45) is 2.48. The van der Waals surface area contributed by atoms with Gasteiger partial charge in [0.15, 0.2) is 5.69 Å². The van der Waals surface area contributed by atoms with Gasteiger partial charge in [-0.2, -0.15) is 0 Å². The highest BCUT2D eigenvalue weighted by Crippen LogP contribution is 2.36. The van der Waals surface area contributed by atoms with E-state index >= 15 is 0 Å². The van der Waals surface area contributed by atoms with Crippen molar-refractivity contribution in [3.63, 3.8) is 0 Å². The number of carbonyl (C=O) groups is 1. The molecule has 0 aliphatic rings. The number of methoxy groups -OCH3 is 1. The van der Waals surface area contributed by atoms with Gasteiger partial charge in [-0.3, -0.25) is 20.2 Å². The molecule has 0 spiro atoms. The summed E-state index contributed by atoms with van der Waals surface area (Å²) in [4.78, 5) is 32.3. The molecule has 1 aromatic rings. The van der Waals surface area contributed by atoms with E-state index in [1.807, 2.05) is 0 Å². The van der Waals surface area contributed by atoms with E-state index in [0.717, 1.165) is 25.5 Å². The van der Waals surface area contributed by atoms with E-state index in [1.54, 1.807) is 6.92 Å². The Hall–Kier alpha value is -3.17. The summed E-state index contributed by atoms with van der Waals surface area (Å²) in [6.45, 7) is 1.63. The second kappa shape index (κ2) is 7.73. The van der Waals surface area contributed by atoms with Crippen molar-refractivity contribution in [2.45, 2.75) is 19.4 Å². The molecule has 10 nitrogen and oxygen atoms in total. The van der Waals surface area contributed by atoms with Gasteiger partial charge in [-0.1, -0.05) is 0 Å². The highest BCUT2D eigenvalue weighted by molar-refractivity contribution is 5.93. The standard InChI is InChI=1S/C13H15N3O7/c1-8(4-3-5-17)14-12-10(15(19)20)6-9(13(18)23-2)7-11(12)16(21)22/h3,5-8,14,17H,4H2,1-2H3/b5-3+/t8-/m0/s1. The van der Waals surface area contributed by atoms with Crippen molar-refractivity contribution in [3.05, 3.63) is 50.3 Å². The fourth-order valence-corrected chi connectivity index (χ4v) is 1.85. The molecule has 0 aliphatic carbocycles. The molecule has 0 bridgehead atoms. The summed E-state index contributed by atoms with van der Waals surface area (Å²) in [5.74, 6) is -0.918. The lowest BCUT2D eigenvalue weighted by atomic mass is 10.1. The Morgan fingerprint density at radius 2 is 1.87 bits per heavy atom.